The van der Waals surface area contributed by atoms with E-state index in [4.69, 9.17) is 5.84 Å². The second-order valence-electron chi connectivity index (χ2n) is 5.92. The molecule has 0 atom stereocenters. The Morgan fingerprint density at radius 1 is 1.15 bits per heavy atom. The maximum atomic E-state index is 12.0. The molecule has 1 heterocycles. The lowest BCUT2D eigenvalue weighted by Gasteiger charge is -2.06. The number of nitrogen functional groups attached to an aromatic ring is 1. The first kappa shape index (κ1) is 18.0. The van der Waals surface area contributed by atoms with Crippen LogP contribution in [0.25, 0.3) is 11.4 Å². The zero-order valence-electron chi connectivity index (χ0n) is 14.6. The summed E-state index contributed by atoms with van der Waals surface area (Å²) >= 11 is 1.27. The van der Waals surface area contributed by atoms with Gasteiger partial charge in [0.25, 0.3) is 0 Å². The molecule has 6 nitrogen and oxygen atoms in total. The molecule has 3 aromatic rings. The number of hydrogen-bond acceptors (Lipinski definition) is 5. The molecule has 0 saturated heterocycles. The summed E-state index contributed by atoms with van der Waals surface area (Å²) in [4.78, 5) is 12.0. The van der Waals surface area contributed by atoms with Crippen molar-refractivity contribution < 1.29 is 4.79 Å². The Morgan fingerprint density at radius 2 is 1.96 bits per heavy atom. The number of hydrogen-bond donors (Lipinski definition) is 2. The SMILES string of the molecule is Cc1cccc(-c2nnc(SCC(=O)NCCc3ccccc3)n2N)c1. The van der Waals surface area contributed by atoms with Crippen molar-refractivity contribution in [1.82, 2.24) is 20.2 Å². The molecule has 26 heavy (non-hydrogen) atoms. The van der Waals surface area contributed by atoms with Crippen LogP contribution < -0.4 is 11.2 Å². The van der Waals surface area contributed by atoms with Gasteiger partial charge in [-0.15, -0.1) is 10.2 Å². The highest BCUT2D eigenvalue weighted by Crippen LogP contribution is 2.22. The van der Waals surface area contributed by atoms with Crippen LogP contribution in [0.5, 0.6) is 0 Å². The van der Waals surface area contributed by atoms with Crippen LogP contribution in [0.3, 0.4) is 0 Å². The average Bonchev–Trinajstić information content (AvgIpc) is 3.01. The number of carbonyl (C=O) groups is 1. The van der Waals surface area contributed by atoms with Crippen molar-refractivity contribution in [1.29, 1.82) is 0 Å². The van der Waals surface area contributed by atoms with Crippen LogP contribution in [0, 0.1) is 6.92 Å². The van der Waals surface area contributed by atoms with E-state index < -0.39 is 0 Å². The molecule has 0 aliphatic carbocycles. The fraction of sp³-hybridized carbons (Fsp3) is 0.211. The van der Waals surface area contributed by atoms with E-state index in [0.717, 1.165) is 17.5 Å². The van der Waals surface area contributed by atoms with E-state index in [-0.39, 0.29) is 11.7 Å². The highest BCUT2D eigenvalue weighted by molar-refractivity contribution is 7.99. The standard InChI is InChI=1S/C19H21N5OS/c1-14-6-5-9-16(12-14)18-22-23-19(24(18)20)26-13-17(25)21-11-10-15-7-3-2-4-8-15/h2-9,12H,10-11,13,20H2,1H3,(H,21,25). The molecule has 0 spiro atoms. The van der Waals surface area contributed by atoms with Gasteiger partial charge in [-0.05, 0) is 25.0 Å². The van der Waals surface area contributed by atoms with Crippen LogP contribution in [-0.4, -0.2) is 33.1 Å². The lowest BCUT2D eigenvalue weighted by molar-refractivity contribution is -0.118. The van der Waals surface area contributed by atoms with Gasteiger partial charge >= 0.3 is 0 Å². The number of benzene rings is 2. The highest BCUT2D eigenvalue weighted by atomic mass is 32.2. The number of aromatic nitrogens is 3. The summed E-state index contributed by atoms with van der Waals surface area (Å²) in [5.74, 6) is 6.87. The number of nitrogens with two attached hydrogens (primary N) is 1. The third-order valence-corrected chi connectivity index (χ3v) is 4.79. The smallest absolute Gasteiger partial charge is 0.230 e. The van der Waals surface area contributed by atoms with Gasteiger partial charge in [-0.1, -0.05) is 65.9 Å². The predicted octanol–water partition coefficient (Wildman–Crippen LogP) is 2.42. The van der Waals surface area contributed by atoms with Crippen molar-refractivity contribution in [3.63, 3.8) is 0 Å². The van der Waals surface area contributed by atoms with Crippen molar-refractivity contribution in [2.24, 2.45) is 0 Å². The monoisotopic (exact) mass is 367 g/mol. The Hall–Kier alpha value is -2.80. The molecule has 1 aromatic heterocycles. The van der Waals surface area contributed by atoms with Crippen LogP contribution >= 0.6 is 11.8 Å². The summed E-state index contributed by atoms with van der Waals surface area (Å²) in [6.45, 7) is 2.61. The van der Waals surface area contributed by atoms with Crippen LogP contribution in [0.1, 0.15) is 11.1 Å². The predicted molar refractivity (Wildman–Crippen MR) is 104 cm³/mol. The van der Waals surface area contributed by atoms with Gasteiger partial charge in [-0.25, -0.2) is 4.68 Å². The molecule has 0 saturated carbocycles. The Kier molecular flexibility index (Phi) is 5.91. The second-order valence-corrected chi connectivity index (χ2v) is 6.86. The molecular formula is C19H21N5OS. The van der Waals surface area contributed by atoms with Gasteiger partial charge in [-0.3, -0.25) is 4.79 Å². The first-order valence-electron chi connectivity index (χ1n) is 8.34. The summed E-state index contributed by atoms with van der Waals surface area (Å²) in [6.07, 6.45) is 0.807. The number of carbonyl (C=O) groups excluding carboxylic acids is 1. The topological polar surface area (TPSA) is 85.8 Å². The molecule has 7 heteroatoms. The number of rotatable bonds is 7. The van der Waals surface area contributed by atoms with E-state index >= 15 is 0 Å². The fourth-order valence-electron chi connectivity index (χ4n) is 2.53. The van der Waals surface area contributed by atoms with Gasteiger partial charge in [0.2, 0.25) is 11.1 Å². The van der Waals surface area contributed by atoms with Crippen molar-refractivity contribution >= 4 is 17.7 Å². The summed E-state index contributed by atoms with van der Waals surface area (Å²) < 4.78 is 1.43. The lowest BCUT2D eigenvalue weighted by atomic mass is 10.1. The van der Waals surface area contributed by atoms with E-state index in [1.165, 1.54) is 22.0 Å². The number of nitrogens with zero attached hydrogens (tertiary/aromatic N) is 3. The highest BCUT2D eigenvalue weighted by Gasteiger charge is 2.13. The molecule has 1 amide bonds. The van der Waals surface area contributed by atoms with Gasteiger partial charge < -0.3 is 11.2 Å². The Bertz CT molecular complexity index is 879. The van der Waals surface area contributed by atoms with Gasteiger partial charge in [0.05, 0.1) is 5.75 Å². The van der Waals surface area contributed by atoms with E-state index in [1.807, 2.05) is 61.5 Å². The molecule has 3 rings (SSSR count). The van der Waals surface area contributed by atoms with Crippen molar-refractivity contribution in [3.8, 4) is 11.4 Å². The zero-order chi connectivity index (χ0) is 18.4. The molecule has 2 aromatic carbocycles. The number of thioether (sulfide) groups is 1. The second kappa shape index (κ2) is 8.53. The maximum Gasteiger partial charge on any atom is 0.230 e. The molecular weight excluding hydrogens is 346 g/mol. The maximum absolute atomic E-state index is 12.0. The Morgan fingerprint density at radius 3 is 2.73 bits per heavy atom. The average molecular weight is 367 g/mol. The first-order valence-corrected chi connectivity index (χ1v) is 9.33. The van der Waals surface area contributed by atoms with E-state index in [1.54, 1.807) is 0 Å². The molecule has 134 valence electrons. The van der Waals surface area contributed by atoms with Crippen molar-refractivity contribution in [2.45, 2.75) is 18.5 Å². The summed E-state index contributed by atoms with van der Waals surface area (Å²) in [7, 11) is 0. The quantitative estimate of drug-likeness (QED) is 0.495. The molecule has 0 fully saturated rings. The fourth-order valence-corrected chi connectivity index (χ4v) is 3.21. The van der Waals surface area contributed by atoms with E-state index in [9.17, 15) is 4.79 Å². The van der Waals surface area contributed by atoms with Gasteiger partial charge in [0.15, 0.2) is 5.82 Å². The number of amides is 1. The summed E-state index contributed by atoms with van der Waals surface area (Å²) in [5.41, 5.74) is 3.22. The van der Waals surface area contributed by atoms with Crippen LogP contribution in [0.15, 0.2) is 59.8 Å². The van der Waals surface area contributed by atoms with Gasteiger partial charge in [-0.2, -0.15) is 0 Å². The minimum Gasteiger partial charge on any atom is -0.355 e. The summed E-state index contributed by atoms with van der Waals surface area (Å²) in [5, 5.41) is 11.7. The van der Waals surface area contributed by atoms with Gasteiger partial charge in [0.1, 0.15) is 0 Å². The Labute approximate surface area is 156 Å². The van der Waals surface area contributed by atoms with Gasteiger partial charge in [0, 0.05) is 12.1 Å². The van der Waals surface area contributed by atoms with Crippen LogP contribution in [0.4, 0.5) is 0 Å². The molecule has 3 N–H and O–H groups in total. The first-order chi connectivity index (χ1) is 12.6. The molecule has 0 aliphatic rings. The number of aryl methyl sites for hydroxylation is 1. The van der Waals surface area contributed by atoms with Crippen LogP contribution in [0.2, 0.25) is 0 Å². The minimum absolute atomic E-state index is 0.0500. The third-order valence-electron chi connectivity index (χ3n) is 3.85. The zero-order valence-corrected chi connectivity index (χ0v) is 15.4. The summed E-state index contributed by atoms with van der Waals surface area (Å²) in [6, 6.07) is 18.0. The number of nitrogens with one attached hydrogen (secondary N) is 1. The molecule has 0 aliphatic heterocycles. The van der Waals surface area contributed by atoms with Crippen molar-refractivity contribution in [2.75, 3.05) is 18.1 Å². The largest absolute Gasteiger partial charge is 0.355 e. The minimum atomic E-state index is -0.0500. The van der Waals surface area contributed by atoms with Crippen molar-refractivity contribution in [3.05, 3.63) is 65.7 Å². The van der Waals surface area contributed by atoms with E-state index in [0.29, 0.717) is 17.5 Å². The third kappa shape index (κ3) is 4.64. The Balaban J connectivity index is 1.51. The molecule has 0 radical (unpaired) electrons. The molecule has 0 unspecified atom stereocenters. The lowest BCUT2D eigenvalue weighted by Crippen LogP contribution is -2.27. The van der Waals surface area contributed by atoms with Crippen LogP contribution in [-0.2, 0) is 11.2 Å². The van der Waals surface area contributed by atoms with E-state index in [2.05, 4.69) is 15.5 Å². The molecule has 0 bridgehead atoms. The normalized spacial score (nSPS) is 10.7.